The van der Waals surface area contributed by atoms with Crippen LogP contribution in [0.25, 0.3) is 17.2 Å². The standard InChI is InChI=1S/C32H23F4N3O4S3/c1-44-25-12-6-20(7-13-25)21-4-5-22(27(33)17-21)18-28-30(41)38-31(45-28)37-24-10-2-19(3-11-24)16-29(40)39-46(42,43)26-14-8-23(9-15-26)32(34,35)36/h2-15,17-18H,16H2,1H3,(H,39,40)(H,37,38,41). The molecule has 0 spiro atoms. The highest BCUT2D eigenvalue weighted by molar-refractivity contribution is 8.18. The summed E-state index contributed by atoms with van der Waals surface area (Å²) in [5.74, 6) is -1.81. The maximum atomic E-state index is 14.9. The lowest BCUT2D eigenvalue weighted by molar-refractivity contribution is -0.137. The van der Waals surface area contributed by atoms with Crippen LogP contribution in [-0.2, 0) is 32.2 Å². The minimum atomic E-state index is -4.63. The Bertz CT molecular complexity index is 1960. The molecule has 1 fully saturated rings. The molecule has 0 bridgehead atoms. The van der Waals surface area contributed by atoms with Crippen molar-refractivity contribution in [2.24, 2.45) is 4.99 Å². The minimum Gasteiger partial charge on any atom is -0.300 e. The number of hydrogen-bond acceptors (Lipinski definition) is 7. The molecule has 1 aliphatic rings. The molecule has 2 N–H and O–H groups in total. The van der Waals surface area contributed by atoms with Crippen LogP contribution in [-0.4, -0.2) is 31.7 Å². The highest BCUT2D eigenvalue weighted by Gasteiger charge is 2.31. The summed E-state index contributed by atoms with van der Waals surface area (Å²) < 4.78 is 79.9. The van der Waals surface area contributed by atoms with E-state index in [9.17, 15) is 35.6 Å². The van der Waals surface area contributed by atoms with Crippen LogP contribution in [0.2, 0.25) is 0 Å². The SMILES string of the molecule is CSc1ccc(-c2ccc(C=C3SC(=Nc4ccc(CC(=O)NS(=O)(=O)c5ccc(C(F)(F)F)cc5)cc4)NC3=O)c(F)c2)cc1. The first-order valence-electron chi connectivity index (χ1n) is 13.4. The van der Waals surface area contributed by atoms with Crippen LogP contribution >= 0.6 is 23.5 Å². The van der Waals surface area contributed by atoms with Gasteiger partial charge in [0.15, 0.2) is 5.17 Å². The maximum Gasteiger partial charge on any atom is 0.416 e. The summed E-state index contributed by atoms with van der Waals surface area (Å²) in [5.41, 5.74) is 1.66. The topological polar surface area (TPSA) is 105 Å². The van der Waals surface area contributed by atoms with E-state index in [1.165, 1.54) is 24.3 Å². The summed E-state index contributed by atoms with van der Waals surface area (Å²) in [7, 11) is -4.38. The van der Waals surface area contributed by atoms with Crippen molar-refractivity contribution in [2.45, 2.75) is 22.4 Å². The lowest BCUT2D eigenvalue weighted by Crippen LogP contribution is -2.31. The van der Waals surface area contributed by atoms with Gasteiger partial charge in [-0.25, -0.2) is 22.5 Å². The van der Waals surface area contributed by atoms with Crippen LogP contribution in [0.3, 0.4) is 0 Å². The van der Waals surface area contributed by atoms with Crippen LogP contribution < -0.4 is 10.0 Å². The Morgan fingerprint density at radius 3 is 2.22 bits per heavy atom. The number of nitrogens with zero attached hydrogens (tertiary/aromatic N) is 1. The van der Waals surface area contributed by atoms with Crippen molar-refractivity contribution < 1.29 is 35.6 Å². The molecule has 1 saturated heterocycles. The van der Waals surface area contributed by atoms with Crippen molar-refractivity contribution in [3.8, 4) is 11.1 Å². The molecule has 0 aromatic heterocycles. The number of aliphatic imine (C=N–C) groups is 1. The Labute approximate surface area is 270 Å². The van der Waals surface area contributed by atoms with Crippen molar-refractivity contribution in [1.29, 1.82) is 0 Å². The van der Waals surface area contributed by atoms with Gasteiger partial charge in [-0.2, -0.15) is 13.2 Å². The van der Waals surface area contributed by atoms with E-state index in [4.69, 9.17) is 0 Å². The Morgan fingerprint density at radius 1 is 0.957 bits per heavy atom. The number of nitrogens with one attached hydrogen (secondary N) is 2. The van der Waals surface area contributed by atoms with E-state index in [1.54, 1.807) is 36.0 Å². The minimum absolute atomic E-state index is 0.242. The predicted molar refractivity (Wildman–Crippen MR) is 171 cm³/mol. The Balaban J connectivity index is 1.20. The average Bonchev–Trinajstić information content (AvgIpc) is 3.36. The number of halogens is 4. The fraction of sp³-hybridized carbons (Fsp3) is 0.0938. The van der Waals surface area contributed by atoms with Gasteiger partial charge in [0.2, 0.25) is 5.91 Å². The van der Waals surface area contributed by atoms with Gasteiger partial charge in [-0.1, -0.05) is 36.4 Å². The molecule has 0 saturated carbocycles. The van der Waals surface area contributed by atoms with E-state index < -0.39 is 44.3 Å². The molecule has 2 amide bonds. The van der Waals surface area contributed by atoms with Gasteiger partial charge in [-0.05, 0) is 95.4 Å². The van der Waals surface area contributed by atoms with Crippen molar-refractivity contribution in [1.82, 2.24) is 10.0 Å². The number of sulfonamides is 1. The van der Waals surface area contributed by atoms with Gasteiger partial charge in [-0.15, -0.1) is 11.8 Å². The number of amidine groups is 1. The molecule has 7 nitrogen and oxygen atoms in total. The number of amides is 2. The third-order valence-corrected chi connectivity index (χ3v) is 9.68. The smallest absolute Gasteiger partial charge is 0.300 e. The second-order valence-corrected chi connectivity index (χ2v) is 13.4. The van der Waals surface area contributed by atoms with E-state index in [0.29, 0.717) is 28.9 Å². The zero-order valence-electron chi connectivity index (χ0n) is 23.8. The van der Waals surface area contributed by atoms with E-state index in [2.05, 4.69) is 10.3 Å². The van der Waals surface area contributed by atoms with Crippen molar-refractivity contribution in [3.63, 3.8) is 0 Å². The molecular formula is C32H23F4N3O4S3. The van der Waals surface area contributed by atoms with Crippen LogP contribution in [0.1, 0.15) is 16.7 Å². The summed E-state index contributed by atoms with van der Waals surface area (Å²) in [6, 6.07) is 21.5. The third kappa shape index (κ3) is 8.05. The van der Waals surface area contributed by atoms with Crippen molar-refractivity contribution in [3.05, 3.63) is 118 Å². The summed E-state index contributed by atoms with van der Waals surface area (Å²) in [5, 5.41) is 2.89. The van der Waals surface area contributed by atoms with Gasteiger partial charge in [0.1, 0.15) is 5.82 Å². The first kappa shape index (κ1) is 33.0. The van der Waals surface area contributed by atoms with Crippen LogP contribution in [0.5, 0.6) is 0 Å². The number of carbonyl (C=O) groups excluding carboxylic acids is 2. The largest absolute Gasteiger partial charge is 0.416 e. The Kier molecular flexibility index (Phi) is 9.70. The molecule has 236 valence electrons. The second-order valence-electron chi connectivity index (χ2n) is 9.84. The number of thioether (sulfide) groups is 2. The Morgan fingerprint density at radius 2 is 1.61 bits per heavy atom. The molecule has 0 atom stereocenters. The molecule has 14 heteroatoms. The highest BCUT2D eigenvalue weighted by atomic mass is 32.2. The van der Waals surface area contributed by atoms with Gasteiger partial charge >= 0.3 is 6.18 Å². The molecular weight excluding hydrogens is 663 g/mol. The zero-order valence-corrected chi connectivity index (χ0v) is 26.2. The average molecular weight is 686 g/mol. The predicted octanol–water partition coefficient (Wildman–Crippen LogP) is 7.17. The van der Waals surface area contributed by atoms with Gasteiger partial charge in [-0.3, -0.25) is 9.59 Å². The van der Waals surface area contributed by atoms with E-state index in [-0.39, 0.29) is 22.1 Å². The number of rotatable bonds is 8. The fourth-order valence-electron chi connectivity index (χ4n) is 4.29. The highest BCUT2D eigenvalue weighted by Crippen LogP contribution is 2.31. The van der Waals surface area contributed by atoms with Gasteiger partial charge in [0.25, 0.3) is 15.9 Å². The van der Waals surface area contributed by atoms with Crippen LogP contribution in [0.15, 0.2) is 111 Å². The summed E-state index contributed by atoms with van der Waals surface area (Å²) >= 11 is 2.64. The van der Waals surface area contributed by atoms with Crippen molar-refractivity contribution in [2.75, 3.05) is 6.26 Å². The molecule has 5 rings (SSSR count). The fourth-order valence-corrected chi connectivity index (χ4v) is 6.51. The second kappa shape index (κ2) is 13.5. The number of carbonyl (C=O) groups is 2. The maximum absolute atomic E-state index is 14.9. The van der Waals surface area contributed by atoms with Crippen LogP contribution in [0, 0.1) is 5.82 Å². The third-order valence-electron chi connectivity index (χ3n) is 6.63. The zero-order chi connectivity index (χ0) is 33.1. The van der Waals surface area contributed by atoms with Gasteiger partial charge in [0.05, 0.1) is 27.5 Å². The summed E-state index contributed by atoms with van der Waals surface area (Å²) in [4.78, 5) is 30.1. The van der Waals surface area contributed by atoms with E-state index >= 15 is 0 Å². The summed E-state index contributed by atoms with van der Waals surface area (Å²) in [6.07, 6.45) is -1.54. The number of alkyl halides is 3. The molecule has 0 radical (unpaired) electrons. The van der Waals surface area contributed by atoms with E-state index in [1.807, 2.05) is 35.2 Å². The molecule has 0 aliphatic carbocycles. The van der Waals surface area contributed by atoms with E-state index in [0.717, 1.165) is 34.4 Å². The van der Waals surface area contributed by atoms with Crippen molar-refractivity contribution >= 4 is 62.3 Å². The first-order valence-corrected chi connectivity index (χ1v) is 16.9. The quantitative estimate of drug-likeness (QED) is 0.116. The normalized spacial score (nSPS) is 15.3. The lowest BCUT2D eigenvalue weighted by atomic mass is 10.0. The molecule has 1 heterocycles. The molecule has 4 aromatic rings. The number of benzene rings is 4. The first-order chi connectivity index (χ1) is 21.8. The molecule has 46 heavy (non-hydrogen) atoms. The Hall–Kier alpha value is -4.40. The summed E-state index contributed by atoms with van der Waals surface area (Å²) in [6.45, 7) is 0. The number of hydrogen-bond donors (Lipinski definition) is 2. The van der Waals surface area contributed by atoms with Crippen LogP contribution in [0.4, 0.5) is 23.2 Å². The van der Waals surface area contributed by atoms with Gasteiger partial charge < -0.3 is 5.32 Å². The van der Waals surface area contributed by atoms with Gasteiger partial charge in [0, 0.05) is 10.5 Å². The lowest BCUT2D eigenvalue weighted by Gasteiger charge is -2.09. The molecule has 4 aromatic carbocycles. The molecule has 1 aliphatic heterocycles. The monoisotopic (exact) mass is 685 g/mol. The molecule has 0 unspecified atom stereocenters.